The van der Waals surface area contributed by atoms with Gasteiger partial charge in [-0.1, -0.05) is 13.8 Å². The van der Waals surface area contributed by atoms with Crippen LogP contribution in [0.1, 0.15) is 38.7 Å². The van der Waals surface area contributed by atoms with Gasteiger partial charge >= 0.3 is 5.97 Å². The van der Waals surface area contributed by atoms with Crippen LogP contribution in [-0.4, -0.2) is 37.5 Å². The molecule has 0 aliphatic carbocycles. The van der Waals surface area contributed by atoms with Crippen LogP contribution in [0, 0.1) is 0 Å². The highest BCUT2D eigenvalue weighted by Gasteiger charge is 2.43. The maximum Gasteiger partial charge on any atom is 0.338 e. The second kappa shape index (κ2) is 7.31. The fourth-order valence-electron chi connectivity index (χ4n) is 2.32. The number of ether oxygens (including phenoxy) is 3. The third-order valence-electron chi connectivity index (χ3n) is 3.79. The van der Waals surface area contributed by atoms with E-state index in [1.165, 1.54) is 0 Å². The van der Waals surface area contributed by atoms with Crippen LogP contribution < -0.4 is 9.47 Å². The Morgan fingerprint density at radius 2 is 1.95 bits per heavy atom. The lowest BCUT2D eigenvalue weighted by Crippen LogP contribution is -2.44. The smallest absolute Gasteiger partial charge is 0.338 e. The summed E-state index contributed by atoms with van der Waals surface area (Å²) in [6, 6.07) is 5.29. The zero-order valence-corrected chi connectivity index (χ0v) is 13.3. The van der Waals surface area contributed by atoms with Gasteiger partial charge in [0.25, 0.3) is 0 Å². The molecule has 0 aliphatic heterocycles. The average molecular weight is 296 g/mol. The first-order chi connectivity index (χ1) is 9.94. The van der Waals surface area contributed by atoms with Gasteiger partial charge in [0, 0.05) is 11.5 Å². The van der Waals surface area contributed by atoms with Crippen molar-refractivity contribution in [1.82, 2.24) is 0 Å². The highest BCUT2D eigenvalue weighted by Crippen LogP contribution is 2.38. The molecule has 1 rings (SSSR count). The molecular formula is C16H24O5. The summed E-state index contributed by atoms with van der Waals surface area (Å²) in [5, 5.41) is 10.8. The molecule has 21 heavy (non-hydrogen) atoms. The predicted octanol–water partition coefficient (Wildman–Crippen LogP) is 2.51. The Labute approximate surface area is 125 Å². The number of esters is 1. The number of carbonyl (C=O) groups excluding carboxylic acids is 1. The van der Waals surface area contributed by atoms with Crippen LogP contribution in [0.2, 0.25) is 0 Å². The third kappa shape index (κ3) is 3.47. The van der Waals surface area contributed by atoms with E-state index >= 15 is 0 Å². The molecule has 1 N–H and O–H groups in total. The first kappa shape index (κ1) is 17.3. The van der Waals surface area contributed by atoms with Crippen LogP contribution in [0.5, 0.6) is 11.5 Å². The molecule has 0 amide bonds. The Balaban J connectivity index is 3.26. The van der Waals surface area contributed by atoms with E-state index in [9.17, 15) is 9.90 Å². The van der Waals surface area contributed by atoms with E-state index in [-0.39, 0.29) is 13.0 Å². The van der Waals surface area contributed by atoms with Gasteiger partial charge < -0.3 is 19.3 Å². The van der Waals surface area contributed by atoms with E-state index in [4.69, 9.17) is 14.2 Å². The lowest BCUT2D eigenvalue weighted by Gasteiger charge is -2.32. The van der Waals surface area contributed by atoms with Crippen LogP contribution in [0.15, 0.2) is 18.2 Å². The summed E-state index contributed by atoms with van der Waals surface area (Å²) in [6.07, 6.45) is 0.243. The number of aliphatic hydroxyl groups is 1. The zero-order chi connectivity index (χ0) is 16.0. The predicted molar refractivity (Wildman–Crippen MR) is 79.8 cm³/mol. The fourth-order valence-corrected chi connectivity index (χ4v) is 2.32. The van der Waals surface area contributed by atoms with Crippen molar-refractivity contribution < 1.29 is 24.1 Å². The van der Waals surface area contributed by atoms with E-state index in [0.29, 0.717) is 17.1 Å². The molecule has 0 spiro atoms. The van der Waals surface area contributed by atoms with Gasteiger partial charge in [0.2, 0.25) is 0 Å². The minimum absolute atomic E-state index is 0.225. The first-order valence-corrected chi connectivity index (χ1v) is 7.06. The van der Waals surface area contributed by atoms with Gasteiger partial charge in [0.05, 0.1) is 20.8 Å². The van der Waals surface area contributed by atoms with Gasteiger partial charge in [-0.05, 0) is 31.5 Å². The van der Waals surface area contributed by atoms with Gasteiger partial charge in [-0.25, -0.2) is 4.79 Å². The highest BCUT2D eigenvalue weighted by atomic mass is 16.5. The normalized spacial score (nSPS) is 15.0. The molecule has 0 saturated heterocycles. The van der Waals surface area contributed by atoms with Crippen molar-refractivity contribution in [3.63, 3.8) is 0 Å². The molecule has 2 atom stereocenters. The molecule has 5 nitrogen and oxygen atoms in total. The molecule has 5 heteroatoms. The number of methoxy groups -OCH3 is 2. The molecule has 0 bridgehead atoms. The third-order valence-corrected chi connectivity index (χ3v) is 3.79. The molecule has 2 unspecified atom stereocenters. The Morgan fingerprint density at radius 3 is 2.43 bits per heavy atom. The van der Waals surface area contributed by atoms with E-state index in [0.717, 1.165) is 0 Å². The maximum absolute atomic E-state index is 12.1. The Hall–Kier alpha value is -1.75. The summed E-state index contributed by atoms with van der Waals surface area (Å²) in [7, 11) is 3.11. The van der Waals surface area contributed by atoms with Crippen LogP contribution in [-0.2, 0) is 9.53 Å². The fraction of sp³-hybridized carbons (Fsp3) is 0.562. The summed E-state index contributed by atoms with van der Waals surface area (Å²) < 4.78 is 15.5. The van der Waals surface area contributed by atoms with Crippen molar-refractivity contribution in [2.75, 3.05) is 20.8 Å². The molecule has 0 saturated carbocycles. The summed E-state index contributed by atoms with van der Waals surface area (Å²) in [6.45, 7) is 5.46. The van der Waals surface area contributed by atoms with E-state index < -0.39 is 17.5 Å². The second-order valence-electron chi connectivity index (χ2n) is 4.83. The van der Waals surface area contributed by atoms with Crippen LogP contribution in [0.25, 0.3) is 0 Å². The minimum Gasteiger partial charge on any atom is -0.497 e. The Bertz CT molecular complexity index is 486. The Morgan fingerprint density at radius 1 is 1.29 bits per heavy atom. The molecule has 0 fully saturated rings. The van der Waals surface area contributed by atoms with Crippen molar-refractivity contribution in [2.45, 2.75) is 38.7 Å². The molecule has 0 heterocycles. The SMILES string of the molecule is CCOC(=O)C(O)(CC)C(C)c1cc(OC)ccc1OC. The van der Waals surface area contributed by atoms with E-state index in [1.807, 2.05) is 0 Å². The van der Waals surface area contributed by atoms with Gasteiger partial charge in [0.15, 0.2) is 5.60 Å². The maximum atomic E-state index is 12.1. The molecule has 0 aromatic heterocycles. The standard InChI is InChI=1S/C16H24O5/c1-6-16(18,15(17)21-7-2)11(3)13-10-12(19-4)8-9-14(13)20-5/h8-11,18H,6-7H2,1-5H3. The van der Waals surface area contributed by atoms with Crippen LogP contribution in [0.3, 0.4) is 0 Å². The first-order valence-electron chi connectivity index (χ1n) is 7.06. The summed E-state index contributed by atoms with van der Waals surface area (Å²) in [5.74, 6) is 0.121. The second-order valence-corrected chi connectivity index (χ2v) is 4.83. The monoisotopic (exact) mass is 296 g/mol. The topological polar surface area (TPSA) is 65.0 Å². The number of carbonyl (C=O) groups is 1. The molecule has 0 radical (unpaired) electrons. The van der Waals surface area contributed by atoms with E-state index in [1.54, 1.807) is 53.2 Å². The lowest BCUT2D eigenvalue weighted by molar-refractivity contribution is -0.167. The molecule has 118 valence electrons. The minimum atomic E-state index is -1.60. The van der Waals surface area contributed by atoms with Crippen molar-refractivity contribution in [3.05, 3.63) is 23.8 Å². The highest BCUT2D eigenvalue weighted by molar-refractivity contribution is 5.81. The van der Waals surface area contributed by atoms with Crippen molar-refractivity contribution >= 4 is 5.97 Å². The number of benzene rings is 1. The summed E-state index contributed by atoms with van der Waals surface area (Å²) in [5.41, 5.74) is -0.899. The van der Waals surface area contributed by atoms with Crippen molar-refractivity contribution in [2.24, 2.45) is 0 Å². The summed E-state index contributed by atoms with van der Waals surface area (Å²) in [4.78, 5) is 12.1. The van der Waals surface area contributed by atoms with Gasteiger partial charge in [-0.3, -0.25) is 0 Å². The van der Waals surface area contributed by atoms with Crippen molar-refractivity contribution in [1.29, 1.82) is 0 Å². The van der Waals surface area contributed by atoms with E-state index in [2.05, 4.69) is 0 Å². The lowest BCUT2D eigenvalue weighted by atomic mass is 9.81. The molecule has 0 aliphatic rings. The molecule has 1 aromatic carbocycles. The van der Waals surface area contributed by atoms with Gasteiger partial charge in [0.1, 0.15) is 11.5 Å². The largest absolute Gasteiger partial charge is 0.497 e. The average Bonchev–Trinajstić information content (AvgIpc) is 2.52. The van der Waals surface area contributed by atoms with Gasteiger partial charge in [-0.2, -0.15) is 0 Å². The van der Waals surface area contributed by atoms with Crippen LogP contribution >= 0.6 is 0 Å². The number of hydrogen-bond acceptors (Lipinski definition) is 5. The number of rotatable bonds is 7. The summed E-state index contributed by atoms with van der Waals surface area (Å²) >= 11 is 0. The Kier molecular flexibility index (Phi) is 6.03. The zero-order valence-electron chi connectivity index (χ0n) is 13.3. The quantitative estimate of drug-likeness (QED) is 0.783. The number of hydrogen-bond donors (Lipinski definition) is 1. The molecular weight excluding hydrogens is 272 g/mol. The molecule has 1 aromatic rings. The van der Waals surface area contributed by atoms with Crippen LogP contribution in [0.4, 0.5) is 0 Å². The van der Waals surface area contributed by atoms with Gasteiger partial charge in [-0.15, -0.1) is 0 Å². The van der Waals surface area contributed by atoms with Crippen molar-refractivity contribution in [3.8, 4) is 11.5 Å².